The van der Waals surface area contributed by atoms with Gasteiger partial charge >= 0.3 is 0 Å². The maximum absolute atomic E-state index is 11.9. The molecule has 1 aromatic rings. The third-order valence-electron chi connectivity index (χ3n) is 2.59. The minimum atomic E-state index is -0.491. The first-order chi connectivity index (χ1) is 7.97. The molecule has 2 nitrogen and oxygen atoms in total. The number of Topliss-reactive ketones (excluding diaryl/α,β-unsaturated/α-hetero) is 1. The molecule has 1 rings (SSSR count). The zero-order chi connectivity index (χ0) is 13.0. The van der Waals surface area contributed by atoms with E-state index >= 15 is 0 Å². The van der Waals surface area contributed by atoms with Crippen LogP contribution in [0.4, 0.5) is 0 Å². The number of aryl methyl sites for hydroxylation is 2. The topological polar surface area (TPSA) is 26.3 Å². The Kier molecular flexibility index (Phi) is 5.01. The van der Waals surface area contributed by atoms with E-state index in [0.717, 1.165) is 28.9 Å². The number of alkyl halides is 1. The van der Waals surface area contributed by atoms with Gasteiger partial charge in [0.1, 0.15) is 5.75 Å². The van der Waals surface area contributed by atoms with Gasteiger partial charge in [0.2, 0.25) is 0 Å². The maximum atomic E-state index is 11.9. The average molecular weight is 255 g/mol. The van der Waals surface area contributed by atoms with Gasteiger partial charge in [-0.15, -0.1) is 11.6 Å². The molecule has 94 valence electrons. The fraction of sp³-hybridized carbons (Fsp3) is 0.500. The highest BCUT2D eigenvalue weighted by Crippen LogP contribution is 2.24. The molecule has 0 fully saturated rings. The number of carbonyl (C=O) groups is 1. The highest BCUT2D eigenvalue weighted by molar-refractivity contribution is 6.34. The average Bonchev–Trinajstić information content (AvgIpc) is 2.25. The van der Waals surface area contributed by atoms with Gasteiger partial charge in [0.25, 0.3) is 0 Å². The summed E-state index contributed by atoms with van der Waals surface area (Å²) in [6.07, 6.45) is 0.970. The first kappa shape index (κ1) is 14.0. The molecule has 0 aromatic heterocycles. The third-order valence-corrected chi connectivity index (χ3v) is 2.78. The highest BCUT2D eigenvalue weighted by Gasteiger charge is 2.17. The van der Waals surface area contributed by atoms with E-state index < -0.39 is 5.38 Å². The van der Waals surface area contributed by atoms with E-state index in [1.807, 2.05) is 26.0 Å². The molecular weight excluding hydrogens is 236 g/mol. The van der Waals surface area contributed by atoms with Crippen LogP contribution < -0.4 is 4.74 Å². The number of rotatable bonds is 5. The molecule has 0 bridgehead atoms. The zero-order valence-corrected chi connectivity index (χ0v) is 11.6. The quantitative estimate of drug-likeness (QED) is 0.588. The molecule has 0 aliphatic carbocycles. The van der Waals surface area contributed by atoms with Gasteiger partial charge in [-0.3, -0.25) is 4.79 Å². The van der Waals surface area contributed by atoms with Gasteiger partial charge in [-0.25, -0.2) is 0 Å². The lowest BCUT2D eigenvalue weighted by Crippen LogP contribution is -2.14. The molecule has 1 aromatic carbocycles. The SMILES string of the molecule is CCCOc1cc(C)c(C(=O)C(C)Cl)c(C)c1. The smallest absolute Gasteiger partial charge is 0.180 e. The van der Waals surface area contributed by atoms with E-state index in [4.69, 9.17) is 16.3 Å². The van der Waals surface area contributed by atoms with E-state index in [2.05, 4.69) is 6.92 Å². The summed E-state index contributed by atoms with van der Waals surface area (Å²) in [7, 11) is 0. The Hall–Kier alpha value is -1.02. The summed E-state index contributed by atoms with van der Waals surface area (Å²) in [4.78, 5) is 11.9. The Morgan fingerprint density at radius 3 is 2.29 bits per heavy atom. The second-order valence-electron chi connectivity index (χ2n) is 4.26. The minimum Gasteiger partial charge on any atom is -0.494 e. The van der Waals surface area contributed by atoms with Crippen LogP contribution in [0.2, 0.25) is 0 Å². The number of benzene rings is 1. The lowest BCUT2D eigenvalue weighted by Gasteiger charge is -2.13. The van der Waals surface area contributed by atoms with Crippen molar-refractivity contribution in [1.29, 1.82) is 0 Å². The van der Waals surface area contributed by atoms with Crippen LogP contribution in [0.1, 0.15) is 41.8 Å². The van der Waals surface area contributed by atoms with Gasteiger partial charge in [0.15, 0.2) is 5.78 Å². The summed E-state index contributed by atoms with van der Waals surface area (Å²) >= 11 is 5.85. The highest BCUT2D eigenvalue weighted by atomic mass is 35.5. The number of ether oxygens (including phenoxy) is 1. The Morgan fingerprint density at radius 1 is 1.35 bits per heavy atom. The molecule has 0 radical (unpaired) electrons. The number of hydrogen-bond donors (Lipinski definition) is 0. The van der Waals surface area contributed by atoms with Crippen molar-refractivity contribution in [2.45, 2.75) is 39.5 Å². The molecular formula is C14H19ClO2. The van der Waals surface area contributed by atoms with E-state index in [9.17, 15) is 4.79 Å². The molecule has 0 amide bonds. The second-order valence-corrected chi connectivity index (χ2v) is 4.92. The van der Waals surface area contributed by atoms with Crippen molar-refractivity contribution in [3.63, 3.8) is 0 Å². The zero-order valence-electron chi connectivity index (χ0n) is 10.8. The van der Waals surface area contributed by atoms with E-state index in [1.54, 1.807) is 6.92 Å². The normalized spacial score (nSPS) is 12.3. The van der Waals surface area contributed by atoms with Crippen LogP contribution >= 0.6 is 11.6 Å². The van der Waals surface area contributed by atoms with Crippen LogP contribution in [0.15, 0.2) is 12.1 Å². The van der Waals surface area contributed by atoms with Gasteiger partial charge in [0.05, 0.1) is 12.0 Å². The Morgan fingerprint density at radius 2 is 1.88 bits per heavy atom. The number of carbonyl (C=O) groups excluding carboxylic acids is 1. The van der Waals surface area contributed by atoms with Gasteiger partial charge < -0.3 is 4.74 Å². The fourth-order valence-corrected chi connectivity index (χ4v) is 1.92. The van der Waals surface area contributed by atoms with Crippen LogP contribution in [0.3, 0.4) is 0 Å². The standard InChI is InChI=1S/C14H19ClO2/c1-5-6-17-12-7-9(2)13(10(3)8-12)14(16)11(4)15/h7-8,11H,5-6H2,1-4H3. The molecule has 1 atom stereocenters. The van der Waals surface area contributed by atoms with E-state index in [0.29, 0.717) is 6.61 Å². The van der Waals surface area contributed by atoms with Crippen molar-refractivity contribution in [2.24, 2.45) is 0 Å². The number of ketones is 1. The van der Waals surface area contributed by atoms with Crippen LogP contribution in [0.5, 0.6) is 5.75 Å². The summed E-state index contributed by atoms with van der Waals surface area (Å²) in [6.45, 7) is 8.28. The minimum absolute atomic E-state index is 0.0243. The lowest BCUT2D eigenvalue weighted by atomic mass is 9.97. The Balaban J connectivity index is 3.06. The molecule has 1 unspecified atom stereocenters. The number of hydrogen-bond acceptors (Lipinski definition) is 2. The van der Waals surface area contributed by atoms with Crippen LogP contribution in [-0.2, 0) is 0 Å². The van der Waals surface area contributed by atoms with E-state index in [-0.39, 0.29) is 5.78 Å². The number of halogens is 1. The molecule has 17 heavy (non-hydrogen) atoms. The molecule has 0 saturated heterocycles. The van der Waals surface area contributed by atoms with Crippen molar-refractivity contribution < 1.29 is 9.53 Å². The molecule has 3 heteroatoms. The van der Waals surface area contributed by atoms with E-state index in [1.165, 1.54) is 0 Å². The monoisotopic (exact) mass is 254 g/mol. The third kappa shape index (κ3) is 3.47. The van der Waals surface area contributed by atoms with Gasteiger partial charge in [0, 0.05) is 5.56 Å². The molecule has 0 saturated carbocycles. The molecule has 0 spiro atoms. The van der Waals surface area contributed by atoms with Crippen molar-refractivity contribution >= 4 is 17.4 Å². The lowest BCUT2D eigenvalue weighted by molar-refractivity contribution is 0.0990. The first-order valence-electron chi connectivity index (χ1n) is 5.89. The van der Waals surface area contributed by atoms with Crippen molar-refractivity contribution in [2.75, 3.05) is 6.61 Å². The van der Waals surface area contributed by atoms with Crippen LogP contribution in [0.25, 0.3) is 0 Å². The fourth-order valence-electron chi connectivity index (χ4n) is 1.81. The summed E-state index contributed by atoms with van der Waals surface area (Å²) < 4.78 is 5.57. The van der Waals surface area contributed by atoms with Gasteiger partial charge in [-0.1, -0.05) is 6.92 Å². The first-order valence-corrected chi connectivity index (χ1v) is 6.33. The summed E-state index contributed by atoms with van der Waals surface area (Å²) in [5.41, 5.74) is 2.57. The molecule has 0 heterocycles. The van der Waals surface area contributed by atoms with Gasteiger partial charge in [-0.2, -0.15) is 0 Å². The Labute approximate surface area is 108 Å². The van der Waals surface area contributed by atoms with Crippen molar-refractivity contribution in [3.05, 3.63) is 28.8 Å². The molecule has 0 N–H and O–H groups in total. The Bertz CT molecular complexity index is 388. The van der Waals surface area contributed by atoms with Gasteiger partial charge in [-0.05, 0) is 50.5 Å². The molecule has 0 aliphatic heterocycles. The summed E-state index contributed by atoms with van der Waals surface area (Å²) in [5, 5.41) is -0.491. The summed E-state index contributed by atoms with van der Waals surface area (Å²) in [6, 6.07) is 3.80. The second kappa shape index (κ2) is 6.06. The van der Waals surface area contributed by atoms with Crippen LogP contribution in [-0.4, -0.2) is 17.8 Å². The van der Waals surface area contributed by atoms with Crippen LogP contribution in [0, 0.1) is 13.8 Å². The largest absolute Gasteiger partial charge is 0.494 e. The predicted molar refractivity (Wildman–Crippen MR) is 71.3 cm³/mol. The van der Waals surface area contributed by atoms with Crippen molar-refractivity contribution in [3.8, 4) is 5.75 Å². The molecule has 0 aliphatic rings. The summed E-state index contributed by atoms with van der Waals surface area (Å²) in [5.74, 6) is 0.796. The maximum Gasteiger partial charge on any atom is 0.180 e. The van der Waals surface area contributed by atoms with Crippen molar-refractivity contribution in [1.82, 2.24) is 0 Å². The predicted octanol–water partition coefficient (Wildman–Crippen LogP) is 3.90.